The van der Waals surface area contributed by atoms with Gasteiger partial charge in [0.2, 0.25) is 0 Å². The molecule has 0 N–H and O–H groups in total. The minimum atomic E-state index is 0.399. The summed E-state index contributed by atoms with van der Waals surface area (Å²) in [7, 11) is 0. The topological polar surface area (TPSA) is 0 Å². The van der Waals surface area contributed by atoms with E-state index in [-0.39, 0.29) is 0 Å². The highest BCUT2D eigenvalue weighted by Crippen LogP contribution is 2.47. The highest BCUT2D eigenvalue weighted by atomic mass is 14.4. The van der Waals surface area contributed by atoms with E-state index in [4.69, 9.17) is 0 Å². The Kier molecular flexibility index (Phi) is 7.17. The Balaban J connectivity index is 1.84. The predicted molar refractivity (Wildman–Crippen MR) is 150 cm³/mol. The summed E-state index contributed by atoms with van der Waals surface area (Å²) in [5, 5.41) is 0. The molecule has 0 amide bonds. The Morgan fingerprint density at radius 2 is 1.76 bits per heavy atom. The standard InChI is InChI=1S/C34H36/c1-7-13-23(4)30-19-20-32-33(25(30)6)22-28(34(32)31-18-11-10-15-24(31)5)21-27-17-12-16-26(14-8-2)29(27)9-3/h7-20,28,34H,1,3,21-22H2,2,4-6H3/b14-8-,23-13+. The van der Waals surface area contributed by atoms with Crippen LogP contribution in [-0.2, 0) is 12.8 Å². The summed E-state index contributed by atoms with van der Waals surface area (Å²) < 4.78 is 0. The van der Waals surface area contributed by atoms with Gasteiger partial charge in [-0.2, -0.15) is 0 Å². The molecule has 0 saturated heterocycles. The molecule has 4 rings (SSSR count). The molecule has 3 aromatic carbocycles. The average Bonchev–Trinajstić information content (AvgIpc) is 3.19. The van der Waals surface area contributed by atoms with E-state index < -0.39 is 0 Å². The van der Waals surface area contributed by atoms with Gasteiger partial charge in [0.25, 0.3) is 0 Å². The van der Waals surface area contributed by atoms with Crippen LogP contribution in [0.1, 0.15) is 69.8 Å². The Labute approximate surface area is 206 Å². The molecule has 0 fully saturated rings. The maximum atomic E-state index is 4.15. The molecule has 0 aromatic heterocycles. The lowest BCUT2D eigenvalue weighted by molar-refractivity contribution is 0.500. The van der Waals surface area contributed by atoms with Gasteiger partial charge in [-0.05, 0) is 102 Å². The molecular weight excluding hydrogens is 408 g/mol. The second-order valence-corrected chi connectivity index (χ2v) is 9.52. The molecule has 2 unspecified atom stereocenters. The summed E-state index contributed by atoms with van der Waals surface area (Å²) in [5.41, 5.74) is 13.8. The third-order valence-corrected chi connectivity index (χ3v) is 7.49. The highest BCUT2D eigenvalue weighted by Gasteiger charge is 2.36. The van der Waals surface area contributed by atoms with Crippen LogP contribution >= 0.6 is 0 Å². The first-order valence-electron chi connectivity index (χ1n) is 12.3. The van der Waals surface area contributed by atoms with Crippen molar-refractivity contribution in [1.82, 2.24) is 0 Å². The van der Waals surface area contributed by atoms with Crippen molar-refractivity contribution in [1.29, 1.82) is 0 Å². The van der Waals surface area contributed by atoms with Crippen LogP contribution in [0.3, 0.4) is 0 Å². The largest absolute Gasteiger partial charge is 0.0991 e. The van der Waals surface area contributed by atoms with Gasteiger partial charge in [-0.1, -0.05) is 98.1 Å². The van der Waals surface area contributed by atoms with E-state index in [1.165, 1.54) is 55.6 Å². The molecule has 2 atom stereocenters. The summed E-state index contributed by atoms with van der Waals surface area (Å²) in [5.74, 6) is 0.906. The van der Waals surface area contributed by atoms with Crippen LogP contribution in [-0.4, -0.2) is 0 Å². The van der Waals surface area contributed by atoms with E-state index in [1.807, 2.05) is 12.2 Å². The molecule has 1 aliphatic carbocycles. The van der Waals surface area contributed by atoms with Gasteiger partial charge in [0.05, 0.1) is 0 Å². The Bertz CT molecular complexity index is 1280. The zero-order valence-corrected chi connectivity index (χ0v) is 21.1. The number of allylic oxidation sites excluding steroid dienone is 4. The minimum absolute atomic E-state index is 0.399. The van der Waals surface area contributed by atoms with E-state index in [1.54, 1.807) is 0 Å². The molecule has 172 valence electrons. The van der Waals surface area contributed by atoms with E-state index in [9.17, 15) is 0 Å². The fourth-order valence-corrected chi connectivity index (χ4v) is 5.88. The Morgan fingerprint density at radius 1 is 0.971 bits per heavy atom. The first kappa shape index (κ1) is 23.8. The van der Waals surface area contributed by atoms with Crippen molar-refractivity contribution in [3.05, 3.63) is 136 Å². The molecule has 0 heterocycles. The number of hydrogen-bond acceptors (Lipinski definition) is 0. The van der Waals surface area contributed by atoms with Crippen molar-refractivity contribution in [2.45, 2.75) is 46.5 Å². The number of hydrogen-bond donors (Lipinski definition) is 0. The zero-order chi connectivity index (χ0) is 24.2. The molecule has 0 aliphatic heterocycles. The van der Waals surface area contributed by atoms with E-state index >= 15 is 0 Å². The van der Waals surface area contributed by atoms with Crippen LogP contribution in [0.5, 0.6) is 0 Å². The third-order valence-electron chi connectivity index (χ3n) is 7.49. The molecule has 3 aromatic rings. The molecule has 34 heavy (non-hydrogen) atoms. The van der Waals surface area contributed by atoms with Gasteiger partial charge < -0.3 is 0 Å². The molecule has 0 nitrogen and oxygen atoms in total. The first-order chi connectivity index (χ1) is 16.5. The maximum absolute atomic E-state index is 4.15. The van der Waals surface area contributed by atoms with Crippen molar-refractivity contribution in [2.75, 3.05) is 0 Å². The number of benzene rings is 3. The Morgan fingerprint density at radius 3 is 2.47 bits per heavy atom. The monoisotopic (exact) mass is 444 g/mol. The van der Waals surface area contributed by atoms with Crippen molar-refractivity contribution in [2.24, 2.45) is 5.92 Å². The molecule has 0 saturated carbocycles. The van der Waals surface area contributed by atoms with Crippen molar-refractivity contribution >= 4 is 17.7 Å². The normalized spacial score (nSPS) is 17.7. The lowest BCUT2D eigenvalue weighted by Crippen LogP contribution is -2.14. The van der Waals surface area contributed by atoms with Crippen LogP contribution in [0.4, 0.5) is 0 Å². The summed E-state index contributed by atoms with van der Waals surface area (Å²) in [4.78, 5) is 0. The molecule has 1 aliphatic rings. The lowest BCUT2D eigenvalue weighted by Gasteiger charge is -2.24. The van der Waals surface area contributed by atoms with Gasteiger partial charge in [0.15, 0.2) is 0 Å². The smallest absolute Gasteiger partial charge is 0.0129 e. The Hall–Kier alpha value is -3.38. The molecule has 0 bridgehead atoms. The van der Waals surface area contributed by atoms with Gasteiger partial charge in [-0.15, -0.1) is 0 Å². The van der Waals surface area contributed by atoms with Crippen LogP contribution in [0.2, 0.25) is 0 Å². The van der Waals surface area contributed by atoms with Crippen molar-refractivity contribution < 1.29 is 0 Å². The lowest BCUT2D eigenvalue weighted by atomic mass is 9.79. The second kappa shape index (κ2) is 10.3. The predicted octanol–water partition coefficient (Wildman–Crippen LogP) is 9.12. The third kappa shape index (κ3) is 4.38. The minimum Gasteiger partial charge on any atom is -0.0991 e. The highest BCUT2D eigenvalue weighted by molar-refractivity contribution is 5.71. The average molecular weight is 445 g/mol. The SMILES string of the molecule is C=C/C=C(\C)c1ccc2c(c1C)CC(Cc1cccc(/C=C\C)c1C=C)C2c1ccccc1C. The van der Waals surface area contributed by atoms with E-state index in [0.29, 0.717) is 11.8 Å². The van der Waals surface area contributed by atoms with Gasteiger partial charge in [-0.25, -0.2) is 0 Å². The van der Waals surface area contributed by atoms with Crippen LogP contribution in [0.15, 0.2) is 86.0 Å². The van der Waals surface area contributed by atoms with Gasteiger partial charge >= 0.3 is 0 Å². The summed E-state index contributed by atoms with van der Waals surface area (Å²) in [6, 6.07) is 20.3. The zero-order valence-electron chi connectivity index (χ0n) is 21.1. The van der Waals surface area contributed by atoms with Gasteiger partial charge in [0.1, 0.15) is 0 Å². The number of aryl methyl sites for hydroxylation is 1. The quantitative estimate of drug-likeness (QED) is 0.319. The first-order valence-corrected chi connectivity index (χ1v) is 12.3. The maximum Gasteiger partial charge on any atom is 0.0129 e. The number of rotatable bonds is 7. The fraction of sp³-hybridized carbons (Fsp3) is 0.235. The molecule has 0 radical (unpaired) electrons. The van der Waals surface area contributed by atoms with Crippen LogP contribution < -0.4 is 0 Å². The van der Waals surface area contributed by atoms with Gasteiger partial charge in [-0.3, -0.25) is 0 Å². The van der Waals surface area contributed by atoms with Crippen molar-refractivity contribution in [3.8, 4) is 0 Å². The number of fused-ring (bicyclic) bond motifs is 1. The van der Waals surface area contributed by atoms with E-state index in [2.05, 4.69) is 114 Å². The fourth-order valence-electron chi connectivity index (χ4n) is 5.88. The summed E-state index contributed by atoms with van der Waals surface area (Å²) in [6.07, 6.45) is 12.5. The molecule has 0 heteroatoms. The van der Waals surface area contributed by atoms with Crippen LogP contribution in [0, 0.1) is 19.8 Å². The van der Waals surface area contributed by atoms with E-state index in [0.717, 1.165) is 12.8 Å². The molecular formula is C34H36. The van der Waals surface area contributed by atoms with Gasteiger partial charge in [0, 0.05) is 5.92 Å². The van der Waals surface area contributed by atoms with Crippen molar-refractivity contribution in [3.63, 3.8) is 0 Å². The summed E-state index contributed by atoms with van der Waals surface area (Å²) >= 11 is 0. The molecule has 0 spiro atoms. The van der Waals surface area contributed by atoms with Crippen LogP contribution in [0.25, 0.3) is 17.7 Å². The summed E-state index contributed by atoms with van der Waals surface area (Å²) in [6.45, 7) is 16.9. The second-order valence-electron chi connectivity index (χ2n) is 9.52.